The van der Waals surface area contributed by atoms with Gasteiger partial charge in [-0.1, -0.05) is 11.6 Å². The SMILES string of the molecule is COC(C)C(=O)Nc1ccc(Cl)cc1C(F)(F)F. The Balaban J connectivity index is 3.06. The molecule has 0 saturated heterocycles. The number of rotatable bonds is 3. The van der Waals surface area contributed by atoms with Crippen LogP contribution in [0.2, 0.25) is 5.02 Å². The molecule has 1 aromatic rings. The quantitative estimate of drug-likeness (QED) is 0.923. The smallest absolute Gasteiger partial charge is 0.372 e. The molecule has 100 valence electrons. The molecule has 7 heteroatoms. The van der Waals surface area contributed by atoms with Crippen LogP contribution in [0, 0.1) is 0 Å². The number of alkyl halides is 3. The van der Waals surface area contributed by atoms with Crippen molar-refractivity contribution in [3.8, 4) is 0 Å². The zero-order valence-electron chi connectivity index (χ0n) is 9.64. The van der Waals surface area contributed by atoms with Gasteiger partial charge >= 0.3 is 6.18 Å². The number of nitrogens with one attached hydrogen (secondary N) is 1. The second-order valence-electron chi connectivity index (χ2n) is 3.55. The molecule has 0 heterocycles. The Morgan fingerprint density at radius 2 is 2.06 bits per heavy atom. The third-order valence-corrected chi connectivity index (χ3v) is 2.50. The van der Waals surface area contributed by atoms with Crippen molar-refractivity contribution in [1.29, 1.82) is 0 Å². The Morgan fingerprint density at radius 1 is 1.44 bits per heavy atom. The Morgan fingerprint density at radius 3 is 2.56 bits per heavy atom. The number of carbonyl (C=O) groups excluding carboxylic acids is 1. The second-order valence-corrected chi connectivity index (χ2v) is 3.99. The lowest BCUT2D eigenvalue weighted by Gasteiger charge is -2.16. The average Bonchev–Trinajstić information content (AvgIpc) is 2.28. The van der Waals surface area contributed by atoms with Crippen LogP contribution in [-0.2, 0) is 15.7 Å². The van der Waals surface area contributed by atoms with Gasteiger partial charge in [-0.25, -0.2) is 0 Å². The van der Waals surface area contributed by atoms with E-state index in [1.165, 1.54) is 20.1 Å². The number of anilines is 1. The lowest BCUT2D eigenvalue weighted by Crippen LogP contribution is -2.27. The van der Waals surface area contributed by atoms with Gasteiger partial charge in [-0.2, -0.15) is 13.2 Å². The van der Waals surface area contributed by atoms with E-state index in [4.69, 9.17) is 16.3 Å². The molecule has 0 fully saturated rings. The molecule has 0 aromatic heterocycles. The predicted octanol–water partition coefficient (Wildman–Crippen LogP) is 3.33. The van der Waals surface area contributed by atoms with Crippen LogP contribution in [0.25, 0.3) is 0 Å². The first kappa shape index (κ1) is 14.8. The number of ether oxygens (including phenoxy) is 1. The molecule has 1 amide bonds. The maximum Gasteiger partial charge on any atom is 0.418 e. The highest BCUT2D eigenvalue weighted by atomic mass is 35.5. The molecular weight excluding hydrogens is 271 g/mol. The molecule has 0 saturated carbocycles. The van der Waals surface area contributed by atoms with E-state index < -0.39 is 23.8 Å². The van der Waals surface area contributed by atoms with Gasteiger partial charge < -0.3 is 10.1 Å². The largest absolute Gasteiger partial charge is 0.418 e. The van der Waals surface area contributed by atoms with Crippen LogP contribution in [0.15, 0.2) is 18.2 Å². The zero-order chi connectivity index (χ0) is 13.9. The highest BCUT2D eigenvalue weighted by Gasteiger charge is 2.34. The number of hydrogen-bond donors (Lipinski definition) is 1. The van der Waals surface area contributed by atoms with E-state index >= 15 is 0 Å². The van der Waals surface area contributed by atoms with Crippen LogP contribution < -0.4 is 5.32 Å². The van der Waals surface area contributed by atoms with Crippen LogP contribution in [0.3, 0.4) is 0 Å². The van der Waals surface area contributed by atoms with Crippen molar-refractivity contribution < 1.29 is 22.7 Å². The van der Waals surface area contributed by atoms with Gasteiger partial charge in [-0.15, -0.1) is 0 Å². The summed E-state index contributed by atoms with van der Waals surface area (Å²) < 4.78 is 42.9. The van der Waals surface area contributed by atoms with E-state index in [2.05, 4.69) is 5.32 Å². The van der Waals surface area contributed by atoms with Crippen LogP contribution in [0.1, 0.15) is 12.5 Å². The van der Waals surface area contributed by atoms with Crippen molar-refractivity contribution in [2.75, 3.05) is 12.4 Å². The fraction of sp³-hybridized carbons (Fsp3) is 0.364. The van der Waals surface area contributed by atoms with Crippen LogP contribution in [0.5, 0.6) is 0 Å². The Kier molecular flexibility index (Phi) is 4.59. The highest BCUT2D eigenvalue weighted by Crippen LogP contribution is 2.36. The molecule has 0 bridgehead atoms. The first-order valence-electron chi connectivity index (χ1n) is 4.96. The summed E-state index contributed by atoms with van der Waals surface area (Å²) in [6, 6.07) is 3.13. The molecule has 3 nitrogen and oxygen atoms in total. The van der Waals surface area contributed by atoms with Gasteiger partial charge in [0, 0.05) is 12.1 Å². The van der Waals surface area contributed by atoms with Gasteiger partial charge in [-0.3, -0.25) is 4.79 Å². The molecule has 1 aromatic carbocycles. The van der Waals surface area contributed by atoms with Gasteiger partial charge in [0.15, 0.2) is 0 Å². The number of benzene rings is 1. The summed E-state index contributed by atoms with van der Waals surface area (Å²) in [4.78, 5) is 11.5. The van der Waals surface area contributed by atoms with E-state index in [-0.39, 0.29) is 10.7 Å². The monoisotopic (exact) mass is 281 g/mol. The fourth-order valence-corrected chi connectivity index (χ4v) is 1.37. The van der Waals surface area contributed by atoms with Crippen molar-refractivity contribution in [2.24, 2.45) is 0 Å². The van der Waals surface area contributed by atoms with Crippen molar-refractivity contribution in [1.82, 2.24) is 0 Å². The molecule has 0 radical (unpaired) electrons. The van der Waals surface area contributed by atoms with Crippen molar-refractivity contribution >= 4 is 23.2 Å². The van der Waals surface area contributed by atoms with Gasteiger partial charge in [0.2, 0.25) is 0 Å². The second kappa shape index (κ2) is 5.58. The lowest BCUT2D eigenvalue weighted by atomic mass is 10.1. The van der Waals surface area contributed by atoms with Crippen molar-refractivity contribution in [3.63, 3.8) is 0 Å². The fourth-order valence-electron chi connectivity index (χ4n) is 1.20. The molecule has 0 aliphatic carbocycles. The number of hydrogen-bond acceptors (Lipinski definition) is 2. The van der Waals surface area contributed by atoms with E-state index in [0.29, 0.717) is 0 Å². The molecule has 1 rings (SSSR count). The van der Waals surface area contributed by atoms with E-state index in [9.17, 15) is 18.0 Å². The number of carbonyl (C=O) groups is 1. The van der Waals surface area contributed by atoms with Gasteiger partial charge in [0.1, 0.15) is 6.10 Å². The number of halogens is 4. The van der Waals surface area contributed by atoms with Gasteiger partial charge in [-0.05, 0) is 25.1 Å². The Hall–Kier alpha value is -1.27. The Bertz CT molecular complexity index is 448. The maximum atomic E-state index is 12.7. The summed E-state index contributed by atoms with van der Waals surface area (Å²) >= 11 is 5.51. The van der Waals surface area contributed by atoms with Crippen LogP contribution in [-0.4, -0.2) is 19.1 Å². The predicted molar refractivity (Wildman–Crippen MR) is 61.6 cm³/mol. The zero-order valence-corrected chi connectivity index (χ0v) is 10.4. The summed E-state index contributed by atoms with van der Waals surface area (Å²) in [6.45, 7) is 1.43. The van der Waals surface area contributed by atoms with Gasteiger partial charge in [0.25, 0.3) is 5.91 Å². The maximum absolute atomic E-state index is 12.7. The van der Waals surface area contributed by atoms with Crippen LogP contribution in [0.4, 0.5) is 18.9 Å². The minimum absolute atomic E-state index is 0.0555. The van der Waals surface area contributed by atoms with E-state index in [1.54, 1.807) is 0 Å². The number of methoxy groups -OCH3 is 1. The molecule has 1 N–H and O–H groups in total. The third kappa shape index (κ3) is 3.61. The molecule has 0 spiro atoms. The normalized spacial score (nSPS) is 13.2. The Labute approximate surface area is 107 Å². The standard InChI is InChI=1S/C11H11ClF3NO2/c1-6(18-2)10(17)16-9-4-3-7(12)5-8(9)11(13,14)15/h3-6H,1-2H3,(H,16,17). The first-order chi connectivity index (χ1) is 8.25. The molecule has 1 atom stereocenters. The third-order valence-electron chi connectivity index (χ3n) is 2.27. The molecular formula is C11H11ClF3NO2. The first-order valence-corrected chi connectivity index (χ1v) is 5.34. The average molecular weight is 282 g/mol. The topological polar surface area (TPSA) is 38.3 Å². The highest BCUT2D eigenvalue weighted by molar-refractivity contribution is 6.30. The molecule has 18 heavy (non-hydrogen) atoms. The molecule has 1 unspecified atom stereocenters. The molecule has 0 aliphatic heterocycles. The van der Waals surface area contributed by atoms with Crippen molar-refractivity contribution in [3.05, 3.63) is 28.8 Å². The summed E-state index contributed by atoms with van der Waals surface area (Å²) in [5, 5.41) is 2.10. The van der Waals surface area contributed by atoms with E-state index in [0.717, 1.165) is 12.1 Å². The summed E-state index contributed by atoms with van der Waals surface area (Å²) in [5.41, 5.74) is -1.34. The lowest BCUT2D eigenvalue weighted by molar-refractivity contribution is -0.137. The summed E-state index contributed by atoms with van der Waals surface area (Å²) in [6.07, 6.45) is -5.44. The number of amides is 1. The minimum Gasteiger partial charge on any atom is -0.372 e. The minimum atomic E-state index is -4.59. The summed E-state index contributed by atoms with van der Waals surface area (Å²) in [5.74, 6) is -0.662. The molecule has 0 aliphatic rings. The van der Waals surface area contributed by atoms with Crippen LogP contribution >= 0.6 is 11.6 Å². The van der Waals surface area contributed by atoms with Crippen molar-refractivity contribution in [2.45, 2.75) is 19.2 Å². The van der Waals surface area contributed by atoms with Gasteiger partial charge in [0.05, 0.1) is 11.3 Å². The van der Waals surface area contributed by atoms with E-state index in [1.807, 2.05) is 0 Å². The summed E-state index contributed by atoms with van der Waals surface area (Å²) in [7, 11) is 1.29.